The minimum Gasteiger partial charge on any atom is -0.373 e. The van der Waals surface area contributed by atoms with E-state index in [1.807, 2.05) is 0 Å². The van der Waals surface area contributed by atoms with Gasteiger partial charge < -0.3 is 10.6 Å². The molecular formula is C12H9F5N4. The molecule has 0 spiro atoms. The van der Waals surface area contributed by atoms with Gasteiger partial charge in [0.05, 0.1) is 0 Å². The highest BCUT2D eigenvalue weighted by Gasteiger charge is 2.35. The normalized spacial score (nSPS) is 11.3. The van der Waals surface area contributed by atoms with Crippen LogP contribution in [0.3, 0.4) is 0 Å². The lowest BCUT2D eigenvalue weighted by atomic mass is 10.3. The van der Waals surface area contributed by atoms with Crippen molar-refractivity contribution in [3.05, 3.63) is 41.7 Å². The molecule has 4 nitrogen and oxygen atoms in total. The zero-order chi connectivity index (χ0) is 15.6. The van der Waals surface area contributed by atoms with Crippen LogP contribution in [0.25, 0.3) is 0 Å². The maximum absolute atomic E-state index is 13.1. The Morgan fingerprint density at radius 1 is 0.952 bits per heavy atom. The highest BCUT2D eigenvalue weighted by Crippen LogP contribution is 2.29. The molecule has 0 aliphatic carbocycles. The number of halogens is 5. The fourth-order valence-corrected chi connectivity index (χ4v) is 1.49. The number of anilines is 3. The van der Waals surface area contributed by atoms with E-state index in [2.05, 4.69) is 20.6 Å². The molecule has 2 N–H and O–H groups in total. The number of rotatable bonds is 3. The first-order valence-corrected chi connectivity index (χ1v) is 5.65. The summed E-state index contributed by atoms with van der Waals surface area (Å²) >= 11 is 0. The van der Waals surface area contributed by atoms with E-state index in [-0.39, 0.29) is 17.3 Å². The summed E-state index contributed by atoms with van der Waals surface area (Å²) in [5, 5.41) is 4.92. The second-order valence-electron chi connectivity index (χ2n) is 3.96. The van der Waals surface area contributed by atoms with Crippen LogP contribution in [-0.2, 0) is 6.18 Å². The van der Waals surface area contributed by atoms with Gasteiger partial charge in [0, 0.05) is 24.9 Å². The zero-order valence-corrected chi connectivity index (χ0v) is 10.6. The van der Waals surface area contributed by atoms with Crippen LogP contribution in [-0.4, -0.2) is 17.0 Å². The van der Waals surface area contributed by atoms with Crippen molar-refractivity contribution in [1.82, 2.24) is 9.97 Å². The third kappa shape index (κ3) is 3.56. The standard InChI is InChI=1S/C12H9F5N4/c1-18-9-5-10(21-11(20-9)12(15,16)17)19-6-2-3-7(13)8(14)4-6/h2-5H,1H3,(H2,18,19,20,21). The molecule has 2 aromatic rings. The Morgan fingerprint density at radius 3 is 2.19 bits per heavy atom. The highest BCUT2D eigenvalue weighted by atomic mass is 19.4. The average Bonchev–Trinajstić information content (AvgIpc) is 2.41. The summed E-state index contributed by atoms with van der Waals surface area (Å²) in [5.41, 5.74) is 0.0581. The molecule has 1 heterocycles. The second-order valence-corrected chi connectivity index (χ2v) is 3.96. The lowest BCUT2D eigenvalue weighted by molar-refractivity contribution is -0.144. The third-order valence-corrected chi connectivity index (χ3v) is 2.43. The van der Waals surface area contributed by atoms with Gasteiger partial charge in [-0.15, -0.1) is 0 Å². The molecule has 9 heteroatoms. The minimum absolute atomic E-state index is 0.0581. The van der Waals surface area contributed by atoms with Crippen molar-refractivity contribution in [2.24, 2.45) is 0 Å². The Hall–Kier alpha value is -2.45. The predicted molar refractivity (Wildman–Crippen MR) is 66.2 cm³/mol. The monoisotopic (exact) mass is 304 g/mol. The molecule has 2 rings (SSSR count). The molecule has 1 aromatic carbocycles. The first-order chi connectivity index (χ1) is 9.79. The van der Waals surface area contributed by atoms with Crippen LogP contribution < -0.4 is 10.6 Å². The predicted octanol–water partition coefficient (Wildman–Crippen LogP) is 3.56. The first-order valence-electron chi connectivity index (χ1n) is 5.65. The molecule has 0 aliphatic rings. The van der Waals surface area contributed by atoms with E-state index in [1.165, 1.54) is 19.2 Å². The van der Waals surface area contributed by atoms with E-state index in [9.17, 15) is 22.0 Å². The molecule has 0 amide bonds. The van der Waals surface area contributed by atoms with Crippen molar-refractivity contribution < 1.29 is 22.0 Å². The van der Waals surface area contributed by atoms with E-state index >= 15 is 0 Å². The van der Waals surface area contributed by atoms with Gasteiger partial charge in [-0.3, -0.25) is 0 Å². The van der Waals surface area contributed by atoms with Crippen LogP contribution in [0, 0.1) is 11.6 Å². The summed E-state index contributed by atoms with van der Waals surface area (Å²) in [5.74, 6) is -3.80. The van der Waals surface area contributed by atoms with Crippen molar-refractivity contribution >= 4 is 17.3 Å². The van der Waals surface area contributed by atoms with E-state index in [1.54, 1.807) is 0 Å². The molecule has 0 unspecified atom stereocenters. The third-order valence-electron chi connectivity index (χ3n) is 2.43. The fraction of sp³-hybridized carbons (Fsp3) is 0.167. The maximum atomic E-state index is 13.1. The Balaban J connectivity index is 2.36. The van der Waals surface area contributed by atoms with Crippen LogP contribution in [0.5, 0.6) is 0 Å². The van der Waals surface area contributed by atoms with Crippen LogP contribution >= 0.6 is 0 Å². The van der Waals surface area contributed by atoms with Crippen LogP contribution in [0.4, 0.5) is 39.3 Å². The van der Waals surface area contributed by atoms with Crippen LogP contribution in [0.2, 0.25) is 0 Å². The minimum atomic E-state index is -4.72. The Bertz CT molecular complexity index is 657. The molecule has 0 aliphatic heterocycles. The second kappa shape index (κ2) is 5.51. The van der Waals surface area contributed by atoms with Crippen molar-refractivity contribution in [2.75, 3.05) is 17.7 Å². The molecule has 1 aromatic heterocycles. The molecule has 21 heavy (non-hydrogen) atoms. The van der Waals surface area contributed by atoms with Gasteiger partial charge in [0.25, 0.3) is 0 Å². The molecule has 0 fully saturated rings. The summed E-state index contributed by atoms with van der Waals surface area (Å²) in [6.07, 6.45) is -4.72. The first kappa shape index (κ1) is 14.9. The lowest BCUT2D eigenvalue weighted by Gasteiger charge is -2.11. The molecule has 0 atom stereocenters. The number of nitrogens with one attached hydrogen (secondary N) is 2. The number of aromatic nitrogens is 2. The van der Waals surface area contributed by atoms with Crippen molar-refractivity contribution in [1.29, 1.82) is 0 Å². The number of nitrogens with zero attached hydrogens (tertiary/aromatic N) is 2. The van der Waals surface area contributed by atoms with Crippen molar-refractivity contribution in [3.8, 4) is 0 Å². The summed E-state index contributed by atoms with van der Waals surface area (Å²) in [4.78, 5) is 6.57. The van der Waals surface area contributed by atoms with E-state index in [0.29, 0.717) is 0 Å². The van der Waals surface area contributed by atoms with Crippen molar-refractivity contribution in [2.45, 2.75) is 6.18 Å². The zero-order valence-electron chi connectivity index (χ0n) is 10.6. The molecule has 0 saturated carbocycles. The number of benzene rings is 1. The van der Waals surface area contributed by atoms with E-state index in [4.69, 9.17) is 0 Å². The quantitative estimate of drug-likeness (QED) is 0.851. The Kier molecular flexibility index (Phi) is 3.92. The van der Waals surface area contributed by atoms with Gasteiger partial charge in [0.1, 0.15) is 11.6 Å². The number of alkyl halides is 3. The lowest BCUT2D eigenvalue weighted by Crippen LogP contribution is -2.13. The van der Waals surface area contributed by atoms with E-state index < -0.39 is 23.6 Å². The molecule has 0 bridgehead atoms. The molecule has 112 valence electrons. The highest BCUT2D eigenvalue weighted by molar-refractivity contribution is 5.59. The smallest absolute Gasteiger partial charge is 0.373 e. The van der Waals surface area contributed by atoms with Gasteiger partial charge >= 0.3 is 6.18 Å². The summed E-state index contributed by atoms with van der Waals surface area (Å²) < 4.78 is 63.8. The molecular weight excluding hydrogens is 295 g/mol. The Labute approximate surface area is 116 Å². The van der Waals surface area contributed by atoms with Crippen molar-refractivity contribution in [3.63, 3.8) is 0 Å². The number of hydrogen-bond donors (Lipinski definition) is 2. The van der Waals surface area contributed by atoms with E-state index in [0.717, 1.165) is 12.1 Å². The fourth-order valence-electron chi connectivity index (χ4n) is 1.49. The molecule has 0 radical (unpaired) electrons. The van der Waals surface area contributed by atoms with Gasteiger partial charge in [0.2, 0.25) is 5.82 Å². The number of hydrogen-bond acceptors (Lipinski definition) is 4. The summed E-state index contributed by atoms with van der Waals surface area (Å²) in [6, 6.07) is 4.04. The maximum Gasteiger partial charge on any atom is 0.451 e. The average molecular weight is 304 g/mol. The van der Waals surface area contributed by atoms with Gasteiger partial charge in [-0.05, 0) is 12.1 Å². The van der Waals surface area contributed by atoms with Gasteiger partial charge in [-0.1, -0.05) is 0 Å². The van der Waals surface area contributed by atoms with Gasteiger partial charge in [-0.2, -0.15) is 13.2 Å². The summed E-state index contributed by atoms with van der Waals surface area (Å²) in [7, 11) is 1.39. The summed E-state index contributed by atoms with van der Waals surface area (Å²) in [6.45, 7) is 0. The topological polar surface area (TPSA) is 49.8 Å². The SMILES string of the molecule is CNc1cc(Nc2ccc(F)c(F)c2)nc(C(F)(F)F)n1. The van der Waals surface area contributed by atoms with Crippen LogP contribution in [0.15, 0.2) is 24.3 Å². The van der Waals surface area contributed by atoms with Gasteiger partial charge in [-0.25, -0.2) is 18.7 Å². The van der Waals surface area contributed by atoms with Gasteiger partial charge in [0.15, 0.2) is 11.6 Å². The van der Waals surface area contributed by atoms with Crippen LogP contribution in [0.1, 0.15) is 5.82 Å². The molecule has 0 saturated heterocycles. The Morgan fingerprint density at radius 2 is 1.62 bits per heavy atom. The largest absolute Gasteiger partial charge is 0.451 e.